The molecule has 1 amide bonds. The fourth-order valence-electron chi connectivity index (χ4n) is 1.42. The molecule has 0 aliphatic heterocycles. The lowest BCUT2D eigenvalue weighted by molar-refractivity contribution is -0.120. The number of nitrogens with two attached hydrogens (primary N) is 1. The Balaban J connectivity index is 2.45. The number of amides is 1. The molecule has 3 N–H and O–H groups in total. The minimum absolute atomic E-state index is 0.0722. The smallest absolute Gasteiger partial charge is 0.224 e. The van der Waals surface area contributed by atoms with Gasteiger partial charge in [-0.25, -0.2) is 0 Å². The number of hydrogen-bond acceptors (Lipinski definition) is 2. The second-order valence-electron chi connectivity index (χ2n) is 3.72. The van der Waals surface area contributed by atoms with Crippen LogP contribution >= 0.6 is 23.2 Å². The molecular weight excluding hydrogens is 259 g/mol. The monoisotopic (exact) mass is 274 g/mol. The fourth-order valence-corrected chi connectivity index (χ4v) is 1.95. The zero-order valence-corrected chi connectivity index (χ0v) is 11.0. The van der Waals surface area contributed by atoms with Crippen LogP contribution in [0.5, 0.6) is 0 Å². The van der Waals surface area contributed by atoms with Gasteiger partial charge in [0.1, 0.15) is 0 Å². The van der Waals surface area contributed by atoms with Crippen LogP contribution in [0.15, 0.2) is 18.2 Å². The van der Waals surface area contributed by atoms with E-state index < -0.39 is 0 Å². The van der Waals surface area contributed by atoms with E-state index in [9.17, 15) is 4.79 Å². The van der Waals surface area contributed by atoms with Crippen molar-refractivity contribution in [3.05, 3.63) is 33.8 Å². The Morgan fingerprint density at radius 1 is 1.24 bits per heavy atom. The van der Waals surface area contributed by atoms with Crippen molar-refractivity contribution < 1.29 is 4.79 Å². The minimum atomic E-state index is -0.0722. The summed E-state index contributed by atoms with van der Waals surface area (Å²) >= 11 is 12.0. The van der Waals surface area contributed by atoms with E-state index in [2.05, 4.69) is 5.32 Å². The lowest BCUT2D eigenvalue weighted by Gasteiger charge is -2.07. The third-order valence-corrected chi connectivity index (χ3v) is 3.06. The van der Waals surface area contributed by atoms with E-state index >= 15 is 0 Å². The van der Waals surface area contributed by atoms with E-state index in [1.165, 1.54) is 0 Å². The predicted molar refractivity (Wildman–Crippen MR) is 71.5 cm³/mol. The number of rotatable bonds is 6. The molecular formula is C12H16Cl2N2O. The molecule has 0 atom stereocenters. The quantitative estimate of drug-likeness (QED) is 0.783. The van der Waals surface area contributed by atoms with E-state index in [0.29, 0.717) is 28.7 Å². The second kappa shape index (κ2) is 7.54. The molecule has 5 heteroatoms. The summed E-state index contributed by atoms with van der Waals surface area (Å²) in [5.74, 6) is -0.0722. The number of hydrogen-bond donors (Lipinski definition) is 2. The third-order valence-electron chi connectivity index (χ3n) is 2.35. The van der Waals surface area contributed by atoms with Crippen molar-refractivity contribution in [1.82, 2.24) is 5.32 Å². The standard InChI is InChI=1S/C12H16Cl2N2O/c13-10-4-3-5-11(14)9(10)8-12(17)16-7-2-1-6-15/h3-5H,1-2,6-8,15H2,(H,16,17). The topological polar surface area (TPSA) is 55.1 Å². The highest BCUT2D eigenvalue weighted by atomic mass is 35.5. The number of halogens is 2. The Labute approximate surface area is 111 Å². The molecule has 1 rings (SSSR count). The number of nitrogens with one attached hydrogen (secondary N) is 1. The number of benzene rings is 1. The van der Waals surface area contributed by atoms with E-state index in [0.717, 1.165) is 12.8 Å². The largest absolute Gasteiger partial charge is 0.356 e. The van der Waals surface area contributed by atoms with Gasteiger partial charge in [0.05, 0.1) is 6.42 Å². The number of unbranched alkanes of at least 4 members (excludes halogenated alkanes) is 1. The first kappa shape index (κ1) is 14.3. The molecule has 0 aliphatic rings. The van der Waals surface area contributed by atoms with Crippen LogP contribution in [-0.2, 0) is 11.2 Å². The molecule has 94 valence electrons. The van der Waals surface area contributed by atoms with Crippen LogP contribution in [0.1, 0.15) is 18.4 Å². The maximum absolute atomic E-state index is 11.6. The summed E-state index contributed by atoms with van der Waals surface area (Å²) in [6.45, 7) is 1.28. The molecule has 0 bridgehead atoms. The molecule has 0 fully saturated rings. The van der Waals surface area contributed by atoms with Gasteiger partial charge in [-0.05, 0) is 37.1 Å². The van der Waals surface area contributed by atoms with Gasteiger partial charge < -0.3 is 11.1 Å². The van der Waals surface area contributed by atoms with E-state index in [4.69, 9.17) is 28.9 Å². The normalized spacial score (nSPS) is 10.3. The van der Waals surface area contributed by atoms with Crippen LogP contribution in [-0.4, -0.2) is 19.0 Å². The minimum Gasteiger partial charge on any atom is -0.356 e. The molecule has 1 aromatic carbocycles. The molecule has 0 spiro atoms. The second-order valence-corrected chi connectivity index (χ2v) is 4.54. The highest BCUT2D eigenvalue weighted by Crippen LogP contribution is 2.24. The number of carbonyl (C=O) groups is 1. The van der Waals surface area contributed by atoms with Gasteiger partial charge in [0.2, 0.25) is 5.91 Å². The zero-order valence-electron chi connectivity index (χ0n) is 9.51. The van der Waals surface area contributed by atoms with Gasteiger partial charge in [-0.3, -0.25) is 4.79 Å². The summed E-state index contributed by atoms with van der Waals surface area (Å²) in [5, 5.41) is 3.85. The highest BCUT2D eigenvalue weighted by molar-refractivity contribution is 6.36. The van der Waals surface area contributed by atoms with Crippen LogP contribution in [0.3, 0.4) is 0 Å². The Bertz CT molecular complexity index is 363. The van der Waals surface area contributed by atoms with Crippen LogP contribution in [0.4, 0.5) is 0 Å². The SMILES string of the molecule is NCCCCNC(=O)Cc1c(Cl)cccc1Cl. The molecule has 0 saturated carbocycles. The maximum Gasteiger partial charge on any atom is 0.224 e. The van der Waals surface area contributed by atoms with Crippen molar-refractivity contribution >= 4 is 29.1 Å². The molecule has 0 aromatic heterocycles. The summed E-state index contributed by atoms with van der Waals surface area (Å²) in [5.41, 5.74) is 6.03. The average molecular weight is 275 g/mol. The third kappa shape index (κ3) is 4.94. The van der Waals surface area contributed by atoms with Gasteiger partial charge in [0.15, 0.2) is 0 Å². The van der Waals surface area contributed by atoms with Crippen LogP contribution in [0, 0.1) is 0 Å². The van der Waals surface area contributed by atoms with Crippen molar-refractivity contribution in [2.24, 2.45) is 5.73 Å². The summed E-state index contributed by atoms with van der Waals surface area (Å²) in [6.07, 6.45) is 2.01. The Morgan fingerprint density at radius 2 is 1.88 bits per heavy atom. The molecule has 0 saturated heterocycles. The Hall–Kier alpha value is -0.770. The Kier molecular flexibility index (Phi) is 6.34. The molecule has 17 heavy (non-hydrogen) atoms. The van der Waals surface area contributed by atoms with E-state index in [1.807, 2.05) is 0 Å². The van der Waals surface area contributed by atoms with Gasteiger partial charge in [-0.2, -0.15) is 0 Å². The van der Waals surface area contributed by atoms with Crippen molar-refractivity contribution in [1.29, 1.82) is 0 Å². The van der Waals surface area contributed by atoms with Gasteiger partial charge in [-0.15, -0.1) is 0 Å². The van der Waals surface area contributed by atoms with Crippen LogP contribution in [0.2, 0.25) is 10.0 Å². The van der Waals surface area contributed by atoms with Crippen LogP contribution in [0.25, 0.3) is 0 Å². The molecule has 0 radical (unpaired) electrons. The molecule has 0 aliphatic carbocycles. The zero-order chi connectivity index (χ0) is 12.7. The lowest BCUT2D eigenvalue weighted by atomic mass is 10.1. The fraction of sp³-hybridized carbons (Fsp3) is 0.417. The van der Waals surface area contributed by atoms with E-state index in [-0.39, 0.29) is 12.3 Å². The van der Waals surface area contributed by atoms with Crippen molar-refractivity contribution in [2.45, 2.75) is 19.3 Å². The summed E-state index contributed by atoms with van der Waals surface area (Å²) < 4.78 is 0. The van der Waals surface area contributed by atoms with Crippen LogP contribution < -0.4 is 11.1 Å². The van der Waals surface area contributed by atoms with E-state index in [1.54, 1.807) is 18.2 Å². The predicted octanol–water partition coefficient (Wildman–Crippen LogP) is 2.39. The summed E-state index contributed by atoms with van der Waals surface area (Å²) in [4.78, 5) is 11.6. The van der Waals surface area contributed by atoms with Gasteiger partial charge in [-0.1, -0.05) is 29.3 Å². The first-order valence-electron chi connectivity index (χ1n) is 5.55. The van der Waals surface area contributed by atoms with Crippen molar-refractivity contribution in [3.63, 3.8) is 0 Å². The number of carbonyl (C=O) groups excluding carboxylic acids is 1. The summed E-state index contributed by atoms with van der Waals surface area (Å²) in [7, 11) is 0. The Morgan fingerprint density at radius 3 is 2.47 bits per heavy atom. The first-order valence-corrected chi connectivity index (χ1v) is 6.30. The van der Waals surface area contributed by atoms with Gasteiger partial charge in [0.25, 0.3) is 0 Å². The molecule has 1 aromatic rings. The molecule has 0 unspecified atom stereocenters. The summed E-state index contributed by atoms with van der Waals surface area (Å²) in [6, 6.07) is 5.21. The van der Waals surface area contributed by atoms with Crippen molar-refractivity contribution in [3.8, 4) is 0 Å². The average Bonchev–Trinajstić information content (AvgIpc) is 2.30. The van der Waals surface area contributed by atoms with Gasteiger partial charge >= 0.3 is 0 Å². The molecule has 3 nitrogen and oxygen atoms in total. The maximum atomic E-state index is 11.6. The first-order chi connectivity index (χ1) is 8.15. The lowest BCUT2D eigenvalue weighted by Crippen LogP contribution is -2.26. The van der Waals surface area contributed by atoms with Crippen molar-refractivity contribution in [2.75, 3.05) is 13.1 Å². The molecule has 0 heterocycles. The highest BCUT2D eigenvalue weighted by Gasteiger charge is 2.09. The van der Waals surface area contributed by atoms with Gasteiger partial charge in [0, 0.05) is 16.6 Å².